The van der Waals surface area contributed by atoms with Crippen LogP contribution in [0, 0.1) is 134 Å². The SMILES string of the molecule is Cc1[c-]n(C)c(C)n1.Cc1[c-]oc(C)n1.Cc1n[c-]no1.Cc1n[c-]oc1C.Cc1n[c-]oc1C.Cc1n[c-]on1.Cc1nn[c-]o1.Cc1nonc1C.[Y].[Y].[Y].[Y].[Y].[Y].[Y]. The Morgan fingerprint density at radius 2 is 1.03 bits per heavy atom. The van der Waals surface area contributed by atoms with Gasteiger partial charge < -0.3 is 61.2 Å². The number of aryl methyl sites for hydroxylation is 14. The molecule has 0 atom stereocenters. The molecule has 8 aromatic heterocycles. The Morgan fingerprint density at radius 1 is 0.492 bits per heavy atom. The molecule has 7 radical (unpaired) electrons. The summed E-state index contributed by atoms with van der Waals surface area (Å²) in [6.45, 7) is 23.9. The molecule has 0 amide bonds. The summed E-state index contributed by atoms with van der Waals surface area (Å²) < 4.78 is 33.5. The number of nitrogens with zero attached hydrogens (tertiary/aromatic N) is 13. The topological polar surface area (TPSA) is 252 Å². The smallest absolute Gasteiger partial charge is 0.104 e. The van der Waals surface area contributed by atoms with E-state index in [-0.39, 0.29) is 229 Å². The van der Waals surface area contributed by atoms with Crippen molar-refractivity contribution in [2.75, 3.05) is 0 Å². The number of hydrogen-bond acceptors (Lipinski definition) is 19. The van der Waals surface area contributed by atoms with E-state index in [1.165, 1.54) is 0 Å². The van der Waals surface area contributed by atoms with Crippen molar-refractivity contribution in [3.63, 3.8) is 0 Å². The molecule has 0 spiro atoms. The zero-order valence-corrected chi connectivity index (χ0v) is 56.6. The zero-order chi connectivity index (χ0) is 40.5. The second-order valence-corrected chi connectivity index (χ2v) is 10.4. The molecule has 0 aliphatic rings. The minimum absolute atomic E-state index is 0. The van der Waals surface area contributed by atoms with Crippen LogP contribution in [-0.2, 0) is 236 Å². The van der Waals surface area contributed by atoms with Gasteiger partial charge in [0.1, 0.15) is 24.2 Å². The molecule has 0 fully saturated rings. The maximum absolute atomic E-state index is 4.73. The van der Waals surface area contributed by atoms with E-state index in [1.807, 2.05) is 73.9 Å². The number of oxazole rings is 3. The number of imidazole rings is 1. The van der Waals surface area contributed by atoms with Crippen LogP contribution in [0.25, 0.3) is 0 Å². The fraction of sp³-hybridized carbons (Fsp3) is 0.412. The van der Waals surface area contributed by atoms with E-state index in [0.29, 0.717) is 23.5 Å². The molecule has 8 heterocycles. The van der Waals surface area contributed by atoms with Crippen LogP contribution in [0.1, 0.15) is 75.0 Å². The minimum atomic E-state index is 0. The third-order valence-electron chi connectivity index (χ3n) is 5.82. The van der Waals surface area contributed by atoms with Crippen LogP contribution in [0.2, 0.25) is 0 Å². The van der Waals surface area contributed by atoms with E-state index in [9.17, 15) is 0 Å². The standard InChI is InChI=1S/C6H9N2.3C5H6NO.C4H6N2O.3C3H3N2O.7Y/c1-5-4-8(3)6(2)7-5;2*1-4-5(2)7-3-6-4;1-4-3-7-5(2)6-4;1-3-4(2)6-7-5-3;1-3-5-4-2-6-3;1-3-4-2-6-5-3;1-3-4-2-5-6-3;;;;;;;/h1-3H3;4*1-2H3;3*1H3;;;;;;;/q4*-1;;3*-1;;;;;;;. The van der Waals surface area contributed by atoms with Gasteiger partial charge >= 0.3 is 0 Å². The summed E-state index contributed by atoms with van der Waals surface area (Å²) in [5.74, 6) is 5.11. The molecule has 0 saturated carbocycles. The van der Waals surface area contributed by atoms with Crippen LogP contribution in [0.3, 0.4) is 0 Å². The summed E-state index contributed by atoms with van der Waals surface area (Å²) in [5, 5.41) is 20.4. The second kappa shape index (κ2) is 46.2. The van der Waals surface area contributed by atoms with Crippen LogP contribution in [0.5, 0.6) is 0 Å². The molecule has 8 aromatic rings. The normalized spacial score (nSPS) is 8.23. The van der Waals surface area contributed by atoms with Crippen molar-refractivity contribution in [2.24, 2.45) is 7.05 Å². The molecule has 0 aromatic carbocycles. The molecular weight excluding hydrogens is 1320 g/mol. The minimum Gasteiger partial charge on any atom is -0.630 e. The van der Waals surface area contributed by atoms with Gasteiger partial charge in [-0.3, -0.25) is 0 Å². The number of rotatable bonds is 0. The molecule has 27 heteroatoms. The average molecular weight is 1370 g/mol. The fourth-order valence-corrected chi connectivity index (χ4v) is 2.58. The van der Waals surface area contributed by atoms with Gasteiger partial charge in [0.25, 0.3) is 0 Å². The molecule has 313 valence electrons. The van der Waals surface area contributed by atoms with E-state index in [2.05, 4.69) is 123 Å². The average Bonchev–Trinajstić information content (AvgIpc) is 3.98. The summed E-state index contributed by atoms with van der Waals surface area (Å²) in [6.07, 6.45) is 17.0. The Hall–Kier alpha value is 1.13. The molecule has 8 rings (SSSR count). The molecular formula is C34H42N13O7Y7-7. The van der Waals surface area contributed by atoms with Gasteiger partial charge in [0.05, 0.1) is 24.6 Å². The van der Waals surface area contributed by atoms with Crippen LogP contribution in [0.15, 0.2) is 31.3 Å². The second-order valence-electron chi connectivity index (χ2n) is 10.4. The van der Waals surface area contributed by atoms with E-state index < -0.39 is 0 Å². The van der Waals surface area contributed by atoms with Crippen LogP contribution in [0.4, 0.5) is 0 Å². The van der Waals surface area contributed by atoms with Crippen molar-refractivity contribution in [2.45, 2.75) is 90.0 Å². The van der Waals surface area contributed by atoms with Crippen molar-refractivity contribution in [3.05, 3.63) is 119 Å². The summed E-state index contributed by atoms with van der Waals surface area (Å²) in [6, 6.07) is 0. The largest absolute Gasteiger partial charge is 0.630 e. The first-order chi connectivity index (χ1) is 25.6. The van der Waals surface area contributed by atoms with Crippen molar-refractivity contribution in [1.29, 1.82) is 0 Å². The molecule has 61 heavy (non-hydrogen) atoms. The summed E-state index contributed by atoms with van der Waals surface area (Å²) >= 11 is 0. The summed E-state index contributed by atoms with van der Waals surface area (Å²) in [5.41, 5.74) is 5.34. The molecule has 0 N–H and O–H groups in total. The Balaban J connectivity index is -0.000000108. The van der Waals surface area contributed by atoms with Gasteiger partial charge in [-0.05, 0) is 64.1 Å². The maximum Gasteiger partial charge on any atom is 0.104 e. The Morgan fingerprint density at radius 3 is 1.15 bits per heavy atom. The Labute approximate surface area is 532 Å². The number of hydrogen-bond donors (Lipinski definition) is 0. The third-order valence-corrected chi connectivity index (χ3v) is 5.82. The maximum atomic E-state index is 4.73. The van der Waals surface area contributed by atoms with Crippen molar-refractivity contribution >= 4 is 0 Å². The van der Waals surface area contributed by atoms with Crippen LogP contribution >= 0.6 is 0 Å². The van der Waals surface area contributed by atoms with Crippen molar-refractivity contribution in [3.8, 4) is 0 Å². The summed E-state index contributed by atoms with van der Waals surface area (Å²) in [4.78, 5) is 22.5. The Bertz CT molecular complexity index is 1820. The first-order valence-corrected chi connectivity index (χ1v) is 15.6. The molecule has 0 aliphatic heterocycles. The predicted octanol–water partition coefficient (Wildman–Crippen LogP) is 5.32. The van der Waals surface area contributed by atoms with E-state index in [1.54, 1.807) is 27.7 Å². The van der Waals surface area contributed by atoms with Crippen LogP contribution < -0.4 is 0 Å². The Kier molecular flexibility index (Phi) is 57.9. The summed E-state index contributed by atoms with van der Waals surface area (Å²) in [7, 11) is 1.94. The first kappa shape index (κ1) is 76.4. The van der Waals surface area contributed by atoms with Crippen molar-refractivity contribution < 1.29 is 260 Å². The van der Waals surface area contributed by atoms with Gasteiger partial charge in [0.15, 0.2) is 0 Å². The molecule has 0 saturated heterocycles. The zero-order valence-electron chi connectivity index (χ0n) is 36.7. The van der Waals surface area contributed by atoms with E-state index in [0.717, 1.165) is 51.5 Å². The van der Waals surface area contributed by atoms with Gasteiger partial charge in [-0.2, -0.15) is 10.3 Å². The van der Waals surface area contributed by atoms with Gasteiger partial charge in [0.2, 0.25) is 0 Å². The molecule has 0 unspecified atom stereocenters. The fourth-order valence-electron chi connectivity index (χ4n) is 2.58. The monoisotopic (exact) mass is 1370 g/mol. The van der Waals surface area contributed by atoms with Gasteiger partial charge in [0, 0.05) is 241 Å². The first-order valence-electron chi connectivity index (χ1n) is 15.6. The van der Waals surface area contributed by atoms with Gasteiger partial charge in [-0.25, -0.2) is 14.8 Å². The quantitative estimate of drug-likeness (QED) is 0.174. The molecule has 0 aliphatic carbocycles. The molecule has 0 bridgehead atoms. The van der Waals surface area contributed by atoms with E-state index in [4.69, 9.17) is 13.3 Å². The number of aromatic nitrogens is 13. The van der Waals surface area contributed by atoms with Crippen molar-refractivity contribution in [1.82, 2.24) is 65.3 Å². The van der Waals surface area contributed by atoms with Gasteiger partial charge in [-0.1, -0.05) is 96.0 Å². The predicted molar refractivity (Wildman–Crippen MR) is 183 cm³/mol. The van der Waals surface area contributed by atoms with Gasteiger partial charge in [-0.15, -0.1) is 6.20 Å². The third kappa shape index (κ3) is 40.0. The van der Waals surface area contributed by atoms with E-state index >= 15 is 0 Å². The van der Waals surface area contributed by atoms with Crippen LogP contribution in [-0.4, -0.2) is 65.3 Å². The molecule has 20 nitrogen and oxygen atoms in total.